The van der Waals surface area contributed by atoms with Gasteiger partial charge in [0.25, 0.3) is 0 Å². The van der Waals surface area contributed by atoms with Gasteiger partial charge in [0.1, 0.15) is 0 Å². The van der Waals surface area contributed by atoms with Crippen LogP contribution in [0.3, 0.4) is 0 Å². The van der Waals surface area contributed by atoms with E-state index in [4.69, 9.17) is 21.1 Å². The van der Waals surface area contributed by atoms with Crippen molar-refractivity contribution in [1.82, 2.24) is 5.32 Å². The Bertz CT molecular complexity index is 440. The van der Waals surface area contributed by atoms with Crippen LogP contribution in [0.5, 0.6) is 11.5 Å². The molecular formula is C14H18ClNO2. The second kappa shape index (κ2) is 4.98. The number of halogens is 1. The molecule has 98 valence electrons. The SMILES string of the molecule is COc1cc(Cl)cc(C2CCCN2)c1OC1CC1. The zero-order valence-corrected chi connectivity index (χ0v) is 11.3. The minimum Gasteiger partial charge on any atom is -0.493 e. The first-order chi connectivity index (χ1) is 8.78. The monoisotopic (exact) mass is 267 g/mol. The van der Waals surface area contributed by atoms with E-state index in [-0.39, 0.29) is 0 Å². The minimum absolute atomic E-state index is 0.339. The van der Waals surface area contributed by atoms with Gasteiger partial charge in [-0.1, -0.05) is 11.6 Å². The molecule has 0 amide bonds. The van der Waals surface area contributed by atoms with Crippen molar-refractivity contribution in [2.75, 3.05) is 13.7 Å². The van der Waals surface area contributed by atoms with Crippen molar-refractivity contribution < 1.29 is 9.47 Å². The van der Waals surface area contributed by atoms with Crippen LogP contribution in [0.1, 0.15) is 37.3 Å². The quantitative estimate of drug-likeness (QED) is 0.908. The molecule has 1 atom stereocenters. The summed E-state index contributed by atoms with van der Waals surface area (Å²) >= 11 is 6.17. The molecule has 1 aliphatic heterocycles. The van der Waals surface area contributed by atoms with E-state index in [1.54, 1.807) is 7.11 Å². The number of methoxy groups -OCH3 is 1. The molecule has 4 heteroatoms. The molecule has 0 aromatic heterocycles. The Kier molecular flexibility index (Phi) is 3.35. The molecule has 2 fully saturated rings. The van der Waals surface area contributed by atoms with E-state index in [9.17, 15) is 0 Å². The van der Waals surface area contributed by atoms with E-state index >= 15 is 0 Å². The van der Waals surface area contributed by atoms with E-state index in [0.717, 1.165) is 42.9 Å². The normalized spacial score (nSPS) is 23.1. The maximum absolute atomic E-state index is 6.17. The van der Waals surface area contributed by atoms with Crippen molar-refractivity contribution in [3.05, 3.63) is 22.7 Å². The molecule has 1 aliphatic carbocycles. The lowest BCUT2D eigenvalue weighted by Gasteiger charge is -2.19. The summed E-state index contributed by atoms with van der Waals surface area (Å²) in [5, 5.41) is 4.20. The summed E-state index contributed by atoms with van der Waals surface area (Å²) in [5.74, 6) is 1.63. The molecule has 3 rings (SSSR count). The van der Waals surface area contributed by atoms with Crippen molar-refractivity contribution in [3.8, 4) is 11.5 Å². The molecule has 1 saturated heterocycles. The number of nitrogens with one attached hydrogen (secondary N) is 1. The molecule has 1 unspecified atom stereocenters. The Balaban J connectivity index is 1.98. The average Bonchev–Trinajstić information content (AvgIpc) is 3.02. The Morgan fingerprint density at radius 2 is 2.11 bits per heavy atom. The van der Waals surface area contributed by atoms with Crippen molar-refractivity contribution >= 4 is 11.6 Å². The van der Waals surface area contributed by atoms with Crippen molar-refractivity contribution in [2.24, 2.45) is 0 Å². The van der Waals surface area contributed by atoms with Crippen LogP contribution >= 0.6 is 11.6 Å². The fourth-order valence-corrected chi connectivity index (χ4v) is 2.64. The third kappa shape index (κ3) is 2.43. The van der Waals surface area contributed by atoms with Gasteiger partial charge >= 0.3 is 0 Å². The van der Waals surface area contributed by atoms with E-state index in [0.29, 0.717) is 17.2 Å². The van der Waals surface area contributed by atoms with Gasteiger partial charge in [-0.05, 0) is 38.3 Å². The highest BCUT2D eigenvalue weighted by molar-refractivity contribution is 6.30. The first-order valence-corrected chi connectivity index (χ1v) is 6.93. The molecule has 0 spiro atoms. The zero-order chi connectivity index (χ0) is 12.5. The fourth-order valence-electron chi connectivity index (χ4n) is 2.43. The molecule has 18 heavy (non-hydrogen) atoms. The number of hydrogen-bond acceptors (Lipinski definition) is 3. The number of ether oxygens (including phenoxy) is 2. The first-order valence-electron chi connectivity index (χ1n) is 6.55. The molecule has 1 N–H and O–H groups in total. The van der Waals surface area contributed by atoms with Gasteiger partial charge in [-0.25, -0.2) is 0 Å². The van der Waals surface area contributed by atoms with Gasteiger partial charge in [0.05, 0.1) is 13.2 Å². The van der Waals surface area contributed by atoms with Crippen molar-refractivity contribution in [3.63, 3.8) is 0 Å². The van der Waals surface area contributed by atoms with Crippen LogP contribution in [-0.2, 0) is 0 Å². The second-order valence-corrected chi connectivity index (χ2v) is 5.43. The maximum atomic E-state index is 6.17. The highest BCUT2D eigenvalue weighted by Gasteiger charge is 2.29. The standard InChI is InChI=1S/C14H18ClNO2/c1-17-13-8-9(15)7-11(12-3-2-6-16-12)14(13)18-10-4-5-10/h7-8,10,12,16H,2-6H2,1H3. The molecular weight excluding hydrogens is 250 g/mol. The van der Waals surface area contributed by atoms with Gasteiger partial charge in [0.15, 0.2) is 11.5 Å². The van der Waals surface area contributed by atoms with Crippen LogP contribution in [0.4, 0.5) is 0 Å². The molecule has 1 aromatic carbocycles. The van der Waals surface area contributed by atoms with Crippen molar-refractivity contribution in [2.45, 2.75) is 37.8 Å². The first kappa shape index (κ1) is 12.1. The van der Waals surface area contributed by atoms with Crippen LogP contribution in [-0.4, -0.2) is 19.8 Å². The predicted octanol–water partition coefficient (Wildman–Crippen LogP) is 3.31. The van der Waals surface area contributed by atoms with Gasteiger partial charge in [0.2, 0.25) is 0 Å². The zero-order valence-electron chi connectivity index (χ0n) is 10.5. The van der Waals surface area contributed by atoms with E-state index < -0.39 is 0 Å². The fraction of sp³-hybridized carbons (Fsp3) is 0.571. The molecule has 3 nitrogen and oxygen atoms in total. The summed E-state index contributed by atoms with van der Waals surface area (Å²) in [5.41, 5.74) is 1.14. The van der Waals surface area contributed by atoms with Crippen LogP contribution in [0.2, 0.25) is 5.02 Å². The van der Waals surface area contributed by atoms with E-state index in [1.807, 2.05) is 12.1 Å². The summed E-state index contributed by atoms with van der Waals surface area (Å²) in [7, 11) is 1.66. The largest absolute Gasteiger partial charge is 0.493 e. The maximum Gasteiger partial charge on any atom is 0.166 e. The third-order valence-corrected chi connectivity index (χ3v) is 3.73. The number of rotatable bonds is 4. The second-order valence-electron chi connectivity index (χ2n) is 4.99. The van der Waals surface area contributed by atoms with E-state index in [2.05, 4.69) is 5.32 Å². The Labute approximate surface area is 112 Å². The molecule has 2 aliphatic rings. The summed E-state index contributed by atoms with van der Waals surface area (Å²) in [4.78, 5) is 0. The van der Waals surface area contributed by atoms with Crippen LogP contribution in [0, 0.1) is 0 Å². The highest BCUT2D eigenvalue weighted by Crippen LogP contribution is 2.42. The highest BCUT2D eigenvalue weighted by atomic mass is 35.5. The van der Waals surface area contributed by atoms with Gasteiger partial charge in [-0.2, -0.15) is 0 Å². The van der Waals surface area contributed by atoms with Crippen molar-refractivity contribution in [1.29, 1.82) is 0 Å². The molecule has 0 radical (unpaired) electrons. The Morgan fingerprint density at radius 1 is 1.28 bits per heavy atom. The molecule has 1 saturated carbocycles. The van der Waals surface area contributed by atoms with Crippen LogP contribution in [0.25, 0.3) is 0 Å². The summed E-state index contributed by atoms with van der Waals surface area (Å²) in [6, 6.07) is 4.18. The van der Waals surface area contributed by atoms with E-state index in [1.165, 1.54) is 6.42 Å². The van der Waals surface area contributed by atoms with Gasteiger partial charge < -0.3 is 14.8 Å². The molecule has 1 heterocycles. The topological polar surface area (TPSA) is 30.5 Å². The minimum atomic E-state index is 0.339. The summed E-state index contributed by atoms with van der Waals surface area (Å²) in [6.07, 6.45) is 4.97. The van der Waals surface area contributed by atoms with Crippen LogP contribution in [0.15, 0.2) is 12.1 Å². The molecule has 1 aromatic rings. The predicted molar refractivity (Wildman–Crippen MR) is 71.6 cm³/mol. The lowest BCUT2D eigenvalue weighted by atomic mass is 10.0. The lowest BCUT2D eigenvalue weighted by Crippen LogP contribution is -2.15. The Morgan fingerprint density at radius 3 is 2.72 bits per heavy atom. The van der Waals surface area contributed by atoms with Gasteiger partial charge in [-0.15, -0.1) is 0 Å². The van der Waals surface area contributed by atoms with Crippen LogP contribution < -0.4 is 14.8 Å². The van der Waals surface area contributed by atoms with Gasteiger partial charge in [0, 0.05) is 22.7 Å². The molecule has 0 bridgehead atoms. The summed E-state index contributed by atoms with van der Waals surface area (Å²) in [6.45, 7) is 1.06. The lowest BCUT2D eigenvalue weighted by molar-refractivity contribution is 0.276. The number of benzene rings is 1. The summed E-state index contributed by atoms with van der Waals surface area (Å²) < 4.78 is 11.4. The van der Waals surface area contributed by atoms with Gasteiger partial charge in [-0.3, -0.25) is 0 Å². The smallest absolute Gasteiger partial charge is 0.166 e. The average molecular weight is 268 g/mol. The third-order valence-electron chi connectivity index (χ3n) is 3.51. The Hall–Kier alpha value is -0.930. The number of hydrogen-bond donors (Lipinski definition) is 1.